The summed E-state index contributed by atoms with van der Waals surface area (Å²) in [7, 11) is 0. The summed E-state index contributed by atoms with van der Waals surface area (Å²) in [6.07, 6.45) is 0. The number of ether oxygens (including phenoxy) is 1. The van der Waals surface area contributed by atoms with Crippen molar-refractivity contribution in [3.63, 3.8) is 0 Å². The summed E-state index contributed by atoms with van der Waals surface area (Å²) >= 11 is 0. The van der Waals surface area contributed by atoms with Crippen molar-refractivity contribution in [1.82, 2.24) is 14.5 Å². The molecule has 1 unspecified atom stereocenters. The number of para-hydroxylation sites is 1. The van der Waals surface area contributed by atoms with Gasteiger partial charge in [-0.3, -0.25) is 14.2 Å². The van der Waals surface area contributed by atoms with Crippen LogP contribution in [-0.4, -0.2) is 33.5 Å². The molecule has 1 saturated heterocycles. The first-order valence-electron chi connectivity index (χ1n) is 6.56. The number of carbonyl (C=O) groups excluding carboxylic acids is 1. The smallest absolute Gasteiger partial charge is 0.262 e. The van der Waals surface area contributed by atoms with Crippen LogP contribution in [-0.2, 0) is 21.8 Å². The lowest BCUT2D eigenvalue weighted by Gasteiger charge is -2.38. The van der Waals surface area contributed by atoms with Crippen molar-refractivity contribution in [2.75, 3.05) is 13.2 Å². The third-order valence-corrected chi connectivity index (χ3v) is 4.08. The highest BCUT2D eigenvalue weighted by Gasteiger charge is 2.49. The normalized spacial score (nSPS) is 24.9. The average molecular weight is 271 g/mol. The number of aromatic nitrogens is 2. The quantitative estimate of drug-likeness (QED) is 0.697. The molecule has 2 aromatic rings. The Morgan fingerprint density at radius 2 is 2.10 bits per heavy atom. The van der Waals surface area contributed by atoms with Crippen molar-refractivity contribution >= 4 is 16.8 Å². The number of carbonyl (C=O) groups is 1. The Labute approximate surface area is 114 Å². The Balaban J connectivity index is 2.10. The fourth-order valence-electron chi connectivity index (χ4n) is 3.06. The number of amides is 1. The summed E-state index contributed by atoms with van der Waals surface area (Å²) in [5.41, 5.74) is -0.483. The minimum Gasteiger partial charge on any atom is -0.347 e. The first kappa shape index (κ1) is 11.6. The molecule has 3 heterocycles. The van der Waals surface area contributed by atoms with Gasteiger partial charge in [0.2, 0.25) is 5.91 Å². The van der Waals surface area contributed by atoms with E-state index in [1.54, 1.807) is 30.0 Å². The number of benzene rings is 1. The maximum absolute atomic E-state index is 12.5. The lowest BCUT2D eigenvalue weighted by atomic mass is 10.1. The van der Waals surface area contributed by atoms with E-state index in [-0.39, 0.29) is 18.0 Å². The average Bonchev–Trinajstić information content (AvgIpc) is 2.85. The van der Waals surface area contributed by atoms with E-state index in [2.05, 4.69) is 4.98 Å². The Bertz CT molecular complexity index is 798. The van der Waals surface area contributed by atoms with E-state index in [0.29, 0.717) is 29.9 Å². The second kappa shape index (κ2) is 3.67. The third-order valence-electron chi connectivity index (χ3n) is 4.08. The van der Waals surface area contributed by atoms with Crippen molar-refractivity contribution in [3.8, 4) is 0 Å². The Morgan fingerprint density at radius 3 is 2.95 bits per heavy atom. The minimum atomic E-state index is -0.932. The first-order chi connectivity index (χ1) is 9.61. The summed E-state index contributed by atoms with van der Waals surface area (Å²) in [5, 5.41) is 0.527. The maximum Gasteiger partial charge on any atom is 0.262 e. The van der Waals surface area contributed by atoms with Crippen molar-refractivity contribution in [2.45, 2.75) is 19.2 Å². The molecule has 1 fully saturated rings. The monoisotopic (exact) mass is 271 g/mol. The summed E-state index contributed by atoms with van der Waals surface area (Å²) in [6.45, 7) is 2.83. The van der Waals surface area contributed by atoms with Gasteiger partial charge in [0.25, 0.3) is 5.56 Å². The van der Waals surface area contributed by atoms with Gasteiger partial charge in [-0.25, -0.2) is 4.98 Å². The summed E-state index contributed by atoms with van der Waals surface area (Å²) in [5.74, 6) is 0.412. The van der Waals surface area contributed by atoms with Crippen LogP contribution in [0, 0.1) is 0 Å². The van der Waals surface area contributed by atoms with Crippen LogP contribution in [0.5, 0.6) is 0 Å². The molecule has 0 bridgehead atoms. The zero-order valence-corrected chi connectivity index (χ0v) is 11.0. The number of nitrogens with zero attached hydrogens (tertiary/aromatic N) is 3. The van der Waals surface area contributed by atoms with Crippen LogP contribution in [0.4, 0.5) is 0 Å². The zero-order valence-electron chi connectivity index (χ0n) is 11.0. The molecule has 6 nitrogen and oxygen atoms in total. The van der Waals surface area contributed by atoms with Gasteiger partial charge < -0.3 is 9.64 Å². The lowest BCUT2D eigenvalue weighted by Crippen LogP contribution is -2.54. The standard InChI is InChI=1S/C14H13N3O3/c1-14-13-15-10-5-3-2-4-9(10)12(19)16(13)8-11(18)17(14)6-7-20-14/h2-5H,6-8H2,1H3. The van der Waals surface area contributed by atoms with Gasteiger partial charge in [0.1, 0.15) is 6.54 Å². The van der Waals surface area contributed by atoms with E-state index in [4.69, 9.17) is 4.74 Å². The molecule has 102 valence electrons. The van der Waals surface area contributed by atoms with Gasteiger partial charge in [-0.2, -0.15) is 0 Å². The number of fused-ring (bicyclic) bond motifs is 4. The molecule has 4 rings (SSSR count). The number of hydrogen-bond acceptors (Lipinski definition) is 4. The van der Waals surface area contributed by atoms with Crippen LogP contribution < -0.4 is 5.56 Å². The van der Waals surface area contributed by atoms with Crippen LogP contribution in [0.15, 0.2) is 29.1 Å². The molecule has 0 spiro atoms. The second-order valence-electron chi connectivity index (χ2n) is 5.22. The predicted octanol–water partition coefficient (Wildman–Crippen LogP) is 0.442. The van der Waals surface area contributed by atoms with Crippen LogP contribution in [0.2, 0.25) is 0 Å². The summed E-state index contributed by atoms with van der Waals surface area (Å²) < 4.78 is 7.17. The topological polar surface area (TPSA) is 64.4 Å². The van der Waals surface area contributed by atoms with E-state index in [0.717, 1.165) is 0 Å². The highest BCUT2D eigenvalue weighted by Crippen LogP contribution is 2.35. The fourth-order valence-corrected chi connectivity index (χ4v) is 3.06. The van der Waals surface area contributed by atoms with Gasteiger partial charge in [-0.15, -0.1) is 0 Å². The van der Waals surface area contributed by atoms with E-state index in [1.807, 2.05) is 6.07 Å². The van der Waals surface area contributed by atoms with Crippen LogP contribution in [0.1, 0.15) is 12.7 Å². The second-order valence-corrected chi connectivity index (χ2v) is 5.22. The minimum absolute atomic E-state index is 0.0327. The van der Waals surface area contributed by atoms with Crippen LogP contribution in [0.25, 0.3) is 10.9 Å². The molecule has 1 amide bonds. The van der Waals surface area contributed by atoms with E-state index >= 15 is 0 Å². The van der Waals surface area contributed by atoms with Crippen LogP contribution in [0.3, 0.4) is 0 Å². The van der Waals surface area contributed by atoms with E-state index < -0.39 is 5.72 Å². The van der Waals surface area contributed by atoms with Crippen molar-refractivity contribution in [3.05, 3.63) is 40.4 Å². The molecule has 0 aliphatic carbocycles. The number of hydrogen-bond donors (Lipinski definition) is 0. The Morgan fingerprint density at radius 1 is 1.30 bits per heavy atom. The SMILES string of the molecule is CC12OCCN1C(=O)Cn1c2nc2ccccc2c1=O. The molecule has 1 aromatic heterocycles. The molecule has 20 heavy (non-hydrogen) atoms. The molecule has 1 atom stereocenters. The van der Waals surface area contributed by atoms with Gasteiger partial charge in [-0.05, 0) is 19.1 Å². The lowest BCUT2D eigenvalue weighted by molar-refractivity contribution is -0.156. The summed E-state index contributed by atoms with van der Waals surface area (Å²) in [4.78, 5) is 31.0. The summed E-state index contributed by atoms with van der Waals surface area (Å²) in [6, 6.07) is 7.17. The molecule has 2 aliphatic rings. The molecule has 0 radical (unpaired) electrons. The molecular formula is C14H13N3O3. The fraction of sp³-hybridized carbons (Fsp3) is 0.357. The maximum atomic E-state index is 12.5. The number of rotatable bonds is 0. The Kier molecular flexibility index (Phi) is 2.13. The molecular weight excluding hydrogens is 258 g/mol. The first-order valence-corrected chi connectivity index (χ1v) is 6.56. The van der Waals surface area contributed by atoms with Crippen molar-refractivity contribution < 1.29 is 9.53 Å². The zero-order chi connectivity index (χ0) is 13.9. The highest BCUT2D eigenvalue weighted by molar-refractivity contribution is 5.81. The van der Waals surface area contributed by atoms with Crippen LogP contribution >= 0.6 is 0 Å². The van der Waals surface area contributed by atoms with Gasteiger partial charge in [-0.1, -0.05) is 12.1 Å². The van der Waals surface area contributed by atoms with Gasteiger partial charge >= 0.3 is 0 Å². The van der Waals surface area contributed by atoms with Crippen molar-refractivity contribution in [2.24, 2.45) is 0 Å². The van der Waals surface area contributed by atoms with Gasteiger partial charge in [0, 0.05) is 6.54 Å². The van der Waals surface area contributed by atoms with E-state index in [9.17, 15) is 9.59 Å². The largest absolute Gasteiger partial charge is 0.347 e. The predicted molar refractivity (Wildman–Crippen MR) is 71.0 cm³/mol. The van der Waals surface area contributed by atoms with Gasteiger partial charge in [0.15, 0.2) is 11.5 Å². The van der Waals surface area contributed by atoms with E-state index in [1.165, 1.54) is 4.57 Å². The molecule has 0 saturated carbocycles. The highest BCUT2D eigenvalue weighted by atomic mass is 16.5. The molecule has 1 aromatic carbocycles. The molecule has 2 aliphatic heterocycles. The van der Waals surface area contributed by atoms with Crippen molar-refractivity contribution in [1.29, 1.82) is 0 Å². The third kappa shape index (κ3) is 1.29. The molecule has 6 heteroatoms. The molecule has 0 N–H and O–H groups in total. The Hall–Kier alpha value is -2.21. The van der Waals surface area contributed by atoms with Gasteiger partial charge in [0.05, 0.1) is 17.5 Å².